The van der Waals surface area contributed by atoms with Gasteiger partial charge in [0.15, 0.2) is 5.96 Å². The number of nitrogens with one attached hydrogen (secondary N) is 2. The van der Waals surface area contributed by atoms with Crippen LogP contribution in [0.1, 0.15) is 13.3 Å². The van der Waals surface area contributed by atoms with Gasteiger partial charge >= 0.3 is 5.97 Å². The maximum Gasteiger partial charge on any atom is 0.370 e. The molecule has 1 rings (SSSR count). The molecule has 0 aromatic heterocycles. The topological polar surface area (TPSA) is 230 Å². The molecule has 0 aliphatic carbocycles. The molecule has 0 aromatic carbocycles. The van der Waals surface area contributed by atoms with Gasteiger partial charge in [-0.1, -0.05) is 0 Å². The molecule has 10 N–H and O–H groups in total. The molecule has 1 unspecified atom stereocenters. The molecule has 0 fully saturated rings. The first kappa shape index (κ1) is 26.5. The molecule has 0 spiro atoms. The van der Waals surface area contributed by atoms with Crippen molar-refractivity contribution in [3.05, 3.63) is 11.8 Å². The fourth-order valence-corrected chi connectivity index (χ4v) is 3.38. The number of hydrogen-bond donors (Lipinski definition) is 8. The van der Waals surface area contributed by atoms with E-state index in [2.05, 4.69) is 15.6 Å². The molecular weight excluding hydrogens is 434 g/mol. The number of nitrogens with two attached hydrogens (primary N) is 2. The fraction of sp³-hybridized carbons (Fsp3) is 0.647. The van der Waals surface area contributed by atoms with E-state index in [4.69, 9.17) is 21.3 Å². The number of thioether (sulfide) groups is 1. The molecule has 2 amide bonds. The van der Waals surface area contributed by atoms with E-state index in [0.717, 1.165) is 6.08 Å². The van der Waals surface area contributed by atoms with Crippen molar-refractivity contribution in [3.63, 3.8) is 0 Å². The van der Waals surface area contributed by atoms with Gasteiger partial charge in [0.05, 0.1) is 18.7 Å². The minimum Gasteiger partial charge on any atom is -0.478 e. The summed E-state index contributed by atoms with van der Waals surface area (Å²) in [6.07, 6.45) is -1.81. The number of carbonyl (C=O) groups is 3. The van der Waals surface area contributed by atoms with Crippen LogP contribution in [0.3, 0.4) is 0 Å². The molecule has 1 aliphatic heterocycles. The van der Waals surface area contributed by atoms with Crippen LogP contribution in [-0.4, -0.2) is 99.2 Å². The predicted octanol–water partition coefficient (Wildman–Crippen LogP) is -3.55. The van der Waals surface area contributed by atoms with Crippen LogP contribution in [-0.2, 0) is 19.1 Å². The zero-order valence-corrected chi connectivity index (χ0v) is 17.9. The Labute approximate surface area is 182 Å². The Morgan fingerprint density at radius 2 is 1.94 bits per heavy atom. The number of hydrogen-bond acceptors (Lipinski definition) is 9. The molecular formula is C17H29N5O8S. The number of carboxylic acids is 1. The average Bonchev–Trinajstić information content (AvgIpc) is 2.69. The molecule has 0 radical (unpaired) electrons. The Kier molecular flexibility index (Phi) is 10.5. The van der Waals surface area contributed by atoms with Gasteiger partial charge in [-0.15, -0.1) is 0 Å². The largest absolute Gasteiger partial charge is 0.478 e. The second-order valence-electron chi connectivity index (χ2n) is 6.77. The van der Waals surface area contributed by atoms with Crippen molar-refractivity contribution in [2.45, 2.75) is 49.8 Å². The van der Waals surface area contributed by atoms with E-state index >= 15 is 0 Å². The van der Waals surface area contributed by atoms with Crippen molar-refractivity contribution in [2.24, 2.45) is 16.5 Å². The monoisotopic (exact) mass is 463 g/mol. The number of carbonyl (C=O) groups excluding carboxylic acids is 2. The van der Waals surface area contributed by atoms with E-state index in [1.165, 1.54) is 18.7 Å². The lowest BCUT2D eigenvalue weighted by atomic mass is 9.91. The highest BCUT2D eigenvalue weighted by Crippen LogP contribution is 2.23. The molecule has 1 heterocycles. The summed E-state index contributed by atoms with van der Waals surface area (Å²) in [6, 6.07) is -3.32. The number of nitrogens with zero attached hydrogens (tertiary/aromatic N) is 1. The second kappa shape index (κ2) is 12.3. The molecule has 14 heteroatoms. The van der Waals surface area contributed by atoms with Gasteiger partial charge in [-0.05, 0) is 24.5 Å². The first-order valence-corrected chi connectivity index (χ1v) is 10.6. The molecule has 0 saturated carbocycles. The third kappa shape index (κ3) is 7.90. The summed E-state index contributed by atoms with van der Waals surface area (Å²) in [5.74, 6) is -3.10. The van der Waals surface area contributed by atoms with Gasteiger partial charge < -0.3 is 47.3 Å². The fourth-order valence-electron chi connectivity index (χ4n) is 2.92. The van der Waals surface area contributed by atoms with Crippen LogP contribution in [0.25, 0.3) is 0 Å². The van der Waals surface area contributed by atoms with E-state index < -0.39 is 66.6 Å². The second-order valence-corrected chi connectivity index (χ2v) is 7.76. The predicted molar refractivity (Wildman–Crippen MR) is 112 cm³/mol. The SMILES string of the molecule is CSCCC(N=C(N)N)C(=O)N[C@H]1C=C(C(=O)O)O[C@@H]([C@H](O)[C@H](O)CO)[C@@H]1NC(C)=O. The number of guanidine groups is 1. The summed E-state index contributed by atoms with van der Waals surface area (Å²) in [6.45, 7) is 0.320. The number of aliphatic hydroxyl groups excluding tert-OH is 3. The van der Waals surface area contributed by atoms with E-state index in [1.807, 2.05) is 6.26 Å². The number of amides is 2. The van der Waals surface area contributed by atoms with Crippen LogP contribution in [0.2, 0.25) is 0 Å². The Balaban J connectivity index is 3.30. The van der Waals surface area contributed by atoms with Crippen molar-refractivity contribution in [2.75, 3.05) is 18.6 Å². The number of carboxylic acid groups (broad SMARTS) is 1. The van der Waals surface area contributed by atoms with Crippen molar-refractivity contribution in [1.29, 1.82) is 0 Å². The zero-order valence-electron chi connectivity index (χ0n) is 17.1. The maximum atomic E-state index is 12.8. The summed E-state index contributed by atoms with van der Waals surface area (Å²) in [5, 5.41) is 43.7. The summed E-state index contributed by atoms with van der Waals surface area (Å²) < 4.78 is 5.25. The van der Waals surface area contributed by atoms with Crippen LogP contribution >= 0.6 is 11.8 Å². The lowest BCUT2D eigenvalue weighted by Crippen LogP contribution is -2.64. The lowest BCUT2D eigenvalue weighted by Gasteiger charge is -2.40. The van der Waals surface area contributed by atoms with Crippen LogP contribution in [0.5, 0.6) is 0 Å². The van der Waals surface area contributed by atoms with Crippen LogP contribution in [0.15, 0.2) is 16.8 Å². The number of aliphatic carboxylic acids is 1. The highest BCUT2D eigenvalue weighted by Gasteiger charge is 2.44. The molecule has 0 aromatic rings. The molecule has 176 valence electrons. The highest BCUT2D eigenvalue weighted by molar-refractivity contribution is 7.98. The van der Waals surface area contributed by atoms with E-state index in [1.54, 1.807) is 0 Å². The normalized spacial score (nSPS) is 23.4. The Hall–Kier alpha value is -2.55. The van der Waals surface area contributed by atoms with Gasteiger partial charge in [0.25, 0.3) is 0 Å². The number of rotatable bonds is 11. The first-order valence-electron chi connectivity index (χ1n) is 9.25. The maximum absolute atomic E-state index is 12.8. The zero-order chi connectivity index (χ0) is 23.7. The van der Waals surface area contributed by atoms with Gasteiger partial charge in [0, 0.05) is 6.92 Å². The Morgan fingerprint density at radius 1 is 1.29 bits per heavy atom. The van der Waals surface area contributed by atoms with Gasteiger partial charge in [-0.3, -0.25) is 9.59 Å². The van der Waals surface area contributed by atoms with E-state index in [-0.39, 0.29) is 12.4 Å². The molecule has 31 heavy (non-hydrogen) atoms. The first-order chi connectivity index (χ1) is 14.5. The van der Waals surface area contributed by atoms with Crippen LogP contribution in [0.4, 0.5) is 0 Å². The molecule has 0 saturated heterocycles. The smallest absolute Gasteiger partial charge is 0.370 e. The number of aliphatic imine (C=N–C) groups is 1. The standard InChI is InChI=1S/C17H29N5O8S/c1-7(24)20-12-9(21-15(27)8(3-4-31-2)22-17(18)19)5-11(16(28)29)30-14(12)13(26)10(25)6-23/h5,8-10,12-14,23,25-26H,3-4,6H2,1-2H3,(H,20,24)(H,21,27)(H,28,29)(H4,18,19,22)/t8?,9-,10+,12+,13+,14+/m0/s1. The lowest BCUT2D eigenvalue weighted by molar-refractivity contribution is -0.147. The van der Waals surface area contributed by atoms with Crippen LogP contribution < -0.4 is 22.1 Å². The van der Waals surface area contributed by atoms with Gasteiger partial charge in [-0.2, -0.15) is 11.8 Å². The van der Waals surface area contributed by atoms with E-state index in [0.29, 0.717) is 5.75 Å². The van der Waals surface area contributed by atoms with E-state index in [9.17, 15) is 29.7 Å². The molecule has 13 nitrogen and oxygen atoms in total. The van der Waals surface area contributed by atoms with Crippen molar-refractivity contribution >= 4 is 35.5 Å². The number of ether oxygens (including phenoxy) is 1. The highest BCUT2D eigenvalue weighted by atomic mass is 32.2. The Morgan fingerprint density at radius 3 is 2.42 bits per heavy atom. The minimum atomic E-state index is -1.78. The van der Waals surface area contributed by atoms with Crippen molar-refractivity contribution in [3.8, 4) is 0 Å². The molecule has 6 atom stereocenters. The molecule has 0 bridgehead atoms. The third-order valence-electron chi connectivity index (χ3n) is 4.35. The minimum absolute atomic E-state index is 0.281. The average molecular weight is 464 g/mol. The van der Waals surface area contributed by atoms with Gasteiger partial charge in [-0.25, -0.2) is 9.79 Å². The summed E-state index contributed by atoms with van der Waals surface area (Å²) in [5.41, 5.74) is 10.8. The van der Waals surface area contributed by atoms with Gasteiger partial charge in [0.1, 0.15) is 24.4 Å². The van der Waals surface area contributed by atoms with Crippen LogP contribution in [0, 0.1) is 0 Å². The summed E-state index contributed by atoms with van der Waals surface area (Å²) >= 11 is 1.46. The third-order valence-corrected chi connectivity index (χ3v) is 4.99. The number of aliphatic hydroxyl groups is 3. The van der Waals surface area contributed by atoms with Crippen molar-refractivity contribution < 1.29 is 39.5 Å². The van der Waals surface area contributed by atoms with Gasteiger partial charge in [0.2, 0.25) is 17.6 Å². The molecule has 1 aliphatic rings. The summed E-state index contributed by atoms with van der Waals surface area (Å²) in [4.78, 5) is 39.9. The Bertz CT molecular complexity index is 715. The quantitative estimate of drug-likeness (QED) is 0.110. The summed E-state index contributed by atoms with van der Waals surface area (Å²) in [7, 11) is 0. The van der Waals surface area contributed by atoms with Crippen molar-refractivity contribution in [1.82, 2.24) is 10.6 Å².